The average molecular weight is 221 g/mol. The van der Waals surface area contributed by atoms with Crippen LogP contribution >= 0.6 is 0 Å². The van der Waals surface area contributed by atoms with Crippen LogP contribution < -0.4 is 0 Å². The molecule has 1 heterocycles. The zero-order valence-corrected chi connectivity index (χ0v) is 7.95. The van der Waals surface area contributed by atoms with Gasteiger partial charge in [-0.1, -0.05) is 0 Å². The third-order valence-electron chi connectivity index (χ3n) is 2.07. The SMILES string of the molecule is CCn1cccc1C(F)C(F)(F)C(=O)O. The van der Waals surface area contributed by atoms with Crippen LogP contribution in [0.15, 0.2) is 18.3 Å². The van der Waals surface area contributed by atoms with Crippen LogP contribution in [0.4, 0.5) is 13.2 Å². The number of rotatable bonds is 4. The van der Waals surface area contributed by atoms with Crippen LogP contribution in [0.1, 0.15) is 18.8 Å². The van der Waals surface area contributed by atoms with Crippen molar-refractivity contribution in [1.82, 2.24) is 4.57 Å². The zero-order chi connectivity index (χ0) is 11.6. The molecule has 0 fully saturated rings. The summed E-state index contributed by atoms with van der Waals surface area (Å²) in [6.45, 7) is 1.95. The van der Waals surface area contributed by atoms with E-state index in [2.05, 4.69) is 0 Å². The van der Waals surface area contributed by atoms with E-state index in [0.29, 0.717) is 6.54 Å². The first kappa shape index (κ1) is 11.6. The minimum Gasteiger partial charge on any atom is -0.477 e. The summed E-state index contributed by atoms with van der Waals surface area (Å²) in [6, 6.07) is 2.54. The minimum atomic E-state index is -4.40. The van der Waals surface area contributed by atoms with Crippen LogP contribution in [0, 0.1) is 0 Å². The molecule has 0 saturated heterocycles. The van der Waals surface area contributed by atoms with Crippen molar-refractivity contribution in [2.75, 3.05) is 0 Å². The summed E-state index contributed by atoms with van der Waals surface area (Å²) >= 11 is 0. The van der Waals surface area contributed by atoms with Gasteiger partial charge < -0.3 is 9.67 Å². The number of nitrogens with zero attached hydrogens (tertiary/aromatic N) is 1. The molecule has 0 aliphatic rings. The predicted molar refractivity (Wildman–Crippen MR) is 46.5 cm³/mol. The number of hydrogen-bond donors (Lipinski definition) is 1. The normalized spacial score (nSPS) is 13.9. The van der Waals surface area contributed by atoms with Gasteiger partial charge in [0.1, 0.15) is 0 Å². The summed E-state index contributed by atoms with van der Waals surface area (Å²) in [5.74, 6) is -6.86. The van der Waals surface area contributed by atoms with Gasteiger partial charge in [0.05, 0.1) is 5.69 Å². The summed E-state index contributed by atoms with van der Waals surface area (Å²) in [4.78, 5) is 10.2. The van der Waals surface area contributed by atoms with Gasteiger partial charge in [-0.25, -0.2) is 9.18 Å². The molecule has 84 valence electrons. The van der Waals surface area contributed by atoms with Crippen LogP contribution in [0.25, 0.3) is 0 Å². The Kier molecular flexibility index (Phi) is 3.06. The second kappa shape index (κ2) is 3.96. The molecular weight excluding hydrogens is 211 g/mol. The summed E-state index contributed by atoms with van der Waals surface area (Å²) < 4.78 is 40.2. The highest BCUT2D eigenvalue weighted by atomic mass is 19.3. The molecule has 1 N–H and O–H groups in total. The second-order valence-electron chi connectivity index (χ2n) is 3.01. The van der Waals surface area contributed by atoms with Gasteiger partial charge in [0.15, 0.2) is 0 Å². The molecule has 15 heavy (non-hydrogen) atoms. The lowest BCUT2D eigenvalue weighted by atomic mass is 10.1. The lowest BCUT2D eigenvalue weighted by molar-refractivity contribution is -0.176. The lowest BCUT2D eigenvalue weighted by Crippen LogP contribution is -2.34. The molecule has 0 saturated carbocycles. The molecule has 6 heteroatoms. The van der Waals surface area contributed by atoms with Crippen LogP contribution in [-0.4, -0.2) is 21.6 Å². The number of hydrogen-bond acceptors (Lipinski definition) is 1. The van der Waals surface area contributed by atoms with Gasteiger partial charge in [-0.3, -0.25) is 0 Å². The van der Waals surface area contributed by atoms with E-state index in [-0.39, 0.29) is 5.69 Å². The molecule has 0 aromatic carbocycles. The number of aliphatic carboxylic acids is 1. The third kappa shape index (κ3) is 1.98. The molecule has 0 aliphatic carbocycles. The fourth-order valence-electron chi connectivity index (χ4n) is 1.24. The fraction of sp³-hybridized carbons (Fsp3) is 0.444. The molecule has 0 amide bonds. The standard InChI is InChI=1S/C9H10F3NO2/c1-2-13-5-3-4-6(13)7(10)9(11,12)8(14)15/h3-5,7H,2H2,1H3,(H,14,15). The van der Waals surface area contributed by atoms with Gasteiger partial charge in [0.25, 0.3) is 0 Å². The molecule has 1 aromatic rings. The van der Waals surface area contributed by atoms with E-state index in [0.717, 1.165) is 6.07 Å². The van der Waals surface area contributed by atoms with Crippen LogP contribution in [0.3, 0.4) is 0 Å². The molecule has 1 atom stereocenters. The van der Waals surface area contributed by atoms with Crippen LogP contribution in [-0.2, 0) is 11.3 Å². The number of carbonyl (C=O) groups is 1. The van der Waals surface area contributed by atoms with E-state index in [1.54, 1.807) is 6.92 Å². The van der Waals surface area contributed by atoms with Gasteiger partial charge in [0, 0.05) is 12.7 Å². The fourth-order valence-corrected chi connectivity index (χ4v) is 1.24. The average Bonchev–Trinajstić information content (AvgIpc) is 2.63. The maximum Gasteiger partial charge on any atom is 0.378 e. The molecule has 0 radical (unpaired) electrons. The molecule has 0 aliphatic heterocycles. The van der Waals surface area contributed by atoms with E-state index in [4.69, 9.17) is 5.11 Å². The molecule has 0 spiro atoms. The lowest BCUT2D eigenvalue weighted by Gasteiger charge is -2.17. The van der Waals surface area contributed by atoms with Crippen molar-refractivity contribution in [3.8, 4) is 0 Å². The van der Waals surface area contributed by atoms with Gasteiger partial charge in [-0.05, 0) is 19.1 Å². The first-order valence-electron chi connectivity index (χ1n) is 4.31. The molecular formula is C9H10F3NO2. The Balaban J connectivity index is 3.03. The topological polar surface area (TPSA) is 42.2 Å². The van der Waals surface area contributed by atoms with Crippen molar-refractivity contribution in [2.45, 2.75) is 25.6 Å². The molecule has 0 bridgehead atoms. The largest absolute Gasteiger partial charge is 0.477 e. The van der Waals surface area contributed by atoms with E-state index < -0.39 is 18.1 Å². The number of aromatic nitrogens is 1. The Hall–Kier alpha value is -1.46. The smallest absolute Gasteiger partial charge is 0.378 e. The first-order valence-corrected chi connectivity index (χ1v) is 4.31. The van der Waals surface area contributed by atoms with E-state index in [9.17, 15) is 18.0 Å². The van der Waals surface area contributed by atoms with Crippen molar-refractivity contribution < 1.29 is 23.1 Å². The van der Waals surface area contributed by atoms with Crippen molar-refractivity contribution in [3.63, 3.8) is 0 Å². The summed E-state index contributed by atoms with van der Waals surface area (Å²) in [7, 11) is 0. The highest BCUT2D eigenvalue weighted by Gasteiger charge is 2.50. The molecule has 1 rings (SSSR count). The summed E-state index contributed by atoms with van der Waals surface area (Å²) in [5, 5.41) is 8.17. The predicted octanol–water partition coefficient (Wildman–Crippen LogP) is 2.24. The Labute approximate surface area is 84.1 Å². The molecule has 1 unspecified atom stereocenters. The van der Waals surface area contributed by atoms with E-state index in [1.807, 2.05) is 0 Å². The van der Waals surface area contributed by atoms with Gasteiger partial charge in [0.2, 0.25) is 6.17 Å². The Morgan fingerprint density at radius 1 is 1.67 bits per heavy atom. The maximum absolute atomic E-state index is 13.3. The van der Waals surface area contributed by atoms with Gasteiger partial charge in [-0.15, -0.1) is 0 Å². The Morgan fingerprint density at radius 3 is 2.73 bits per heavy atom. The van der Waals surface area contributed by atoms with E-state index >= 15 is 0 Å². The van der Waals surface area contributed by atoms with Gasteiger partial charge in [-0.2, -0.15) is 8.78 Å². The van der Waals surface area contributed by atoms with Crippen LogP contribution in [0.2, 0.25) is 0 Å². The van der Waals surface area contributed by atoms with Gasteiger partial charge >= 0.3 is 11.9 Å². The quantitative estimate of drug-likeness (QED) is 0.847. The Morgan fingerprint density at radius 2 is 2.27 bits per heavy atom. The van der Waals surface area contributed by atoms with Crippen molar-refractivity contribution in [3.05, 3.63) is 24.0 Å². The third-order valence-corrected chi connectivity index (χ3v) is 2.07. The molecule has 3 nitrogen and oxygen atoms in total. The van der Waals surface area contributed by atoms with Crippen LogP contribution in [0.5, 0.6) is 0 Å². The summed E-state index contributed by atoms with van der Waals surface area (Å²) in [5.41, 5.74) is -0.329. The monoisotopic (exact) mass is 221 g/mol. The minimum absolute atomic E-state index is 0.304. The highest BCUT2D eigenvalue weighted by molar-refractivity contribution is 5.76. The second-order valence-corrected chi connectivity index (χ2v) is 3.01. The number of alkyl halides is 3. The highest BCUT2D eigenvalue weighted by Crippen LogP contribution is 2.35. The Bertz CT molecular complexity index is 362. The zero-order valence-electron chi connectivity index (χ0n) is 7.95. The van der Waals surface area contributed by atoms with Crippen molar-refractivity contribution in [2.24, 2.45) is 0 Å². The van der Waals surface area contributed by atoms with E-state index in [1.165, 1.54) is 16.8 Å². The number of halogens is 3. The summed E-state index contributed by atoms with van der Waals surface area (Å²) in [6.07, 6.45) is -1.41. The number of carboxylic acids is 1. The molecule has 1 aromatic heterocycles. The maximum atomic E-state index is 13.3. The first-order chi connectivity index (χ1) is 6.91. The number of carboxylic acid groups (broad SMARTS) is 1. The van der Waals surface area contributed by atoms with Crippen molar-refractivity contribution >= 4 is 5.97 Å². The van der Waals surface area contributed by atoms with Crippen molar-refractivity contribution in [1.29, 1.82) is 0 Å². The number of aryl methyl sites for hydroxylation is 1.